The molecule has 122 valence electrons. The summed E-state index contributed by atoms with van der Waals surface area (Å²) in [6.07, 6.45) is -0.159. The highest BCUT2D eigenvalue weighted by molar-refractivity contribution is 5.94. The number of carboxylic acid groups (broad SMARTS) is 1. The second-order valence-corrected chi connectivity index (χ2v) is 5.86. The SMILES string of the molecule is CCN(C(=O)NC(=O)CC(C)(C)CC(=O)O)C(C)COC. The molecule has 3 amide bonds. The number of hydrogen-bond acceptors (Lipinski definition) is 4. The standard InChI is InChI=1S/C14H26N2O5/c1-6-16(10(2)9-21-5)13(20)15-11(17)7-14(3,4)8-12(18)19/h10H,6-9H2,1-5H3,(H,18,19)(H,15,17,20). The van der Waals surface area contributed by atoms with Gasteiger partial charge in [-0.3, -0.25) is 14.9 Å². The lowest BCUT2D eigenvalue weighted by Crippen LogP contribution is -2.49. The van der Waals surface area contributed by atoms with E-state index in [1.165, 1.54) is 4.90 Å². The largest absolute Gasteiger partial charge is 0.481 e. The summed E-state index contributed by atoms with van der Waals surface area (Å²) in [4.78, 5) is 36.1. The van der Waals surface area contributed by atoms with Gasteiger partial charge >= 0.3 is 12.0 Å². The number of nitrogens with zero attached hydrogens (tertiary/aromatic N) is 1. The molecule has 0 bridgehead atoms. The van der Waals surface area contributed by atoms with Crippen LogP contribution in [0.25, 0.3) is 0 Å². The molecule has 0 heterocycles. The van der Waals surface area contributed by atoms with Crippen LogP contribution >= 0.6 is 0 Å². The first-order valence-corrected chi connectivity index (χ1v) is 6.94. The van der Waals surface area contributed by atoms with Crippen LogP contribution in [0.15, 0.2) is 0 Å². The molecule has 0 aliphatic rings. The lowest BCUT2D eigenvalue weighted by atomic mass is 9.85. The van der Waals surface area contributed by atoms with E-state index in [0.29, 0.717) is 13.2 Å². The fourth-order valence-corrected chi connectivity index (χ4v) is 2.13. The minimum Gasteiger partial charge on any atom is -0.481 e. The first-order chi connectivity index (χ1) is 9.62. The lowest BCUT2D eigenvalue weighted by molar-refractivity contribution is -0.139. The maximum Gasteiger partial charge on any atom is 0.324 e. The summed E-state index contributed by atoms with van der Waals surface area (Å²) >= 11 is 0. The minimum atomic E-state index is -0.969. The van der Waals surface area contributed by atoms with Crippen LogP contribution in [-0.2, 0) is 14.3 Å². The van der Waals surface area contributed by atoms with Crippen molar-refractivity contribution in [2.24, 2.45) is 5.41 Å². The number of imide groups is 1. The van der Waals surface area contributed by atoms with Gasteiger partial charge in [-0.1, -0.05) is 13.8 Å². The van der Waals surface area contributed by atoms with E-state index in [4.69, 9.17) is 9.84 Å². The van der Waals surface area contributed by atoms with E-state index in [2.05, 4.69) is 5.32 Å². The van der Waals surface area contributed by atoms with Gasteiger partial charge in [0, 0.05) is 20.1 Å². The number of urea groups is 1. The molecule has 0 aromatic rings. The van der Waals surface area contributed by atoms with Gasteiger partial charge in [-0.25, -0.2) is 4.79 Å². The van der Waals surface area contributed by atoms with Gasteiger partial charge in [-0.15, -0.1) is 0 Å². The van der Waals surface area contributed by atoms with E-state index in [0.717, 1.165) is 0 Å². The molecule has 7 heteroatoms. The van der Waals surface area contributed by atoms with Gasteiger partial charge < -0.3 is 14.7 Å². The van der Waals surface area contributed by atoms with Crippen LogP contribution in [0.1, 0.15) is 40.5 Å². The Morgan fingerprint density at radius 2 is 1.86 bits per heavy atom. The number of carboxylic acids is 1. The summed E-state index contributed by atoms with van der Waals surface area (Å²) in [5.74, 6) is -1.45. The summed E-state index contributed by atoms with van der Waals surface area (Å²) in [5.41, 5.74) is -0.703. The number of rotatable bonds is 8. The second kappa shape index (κ2) is 8.61. The maximum atomic E-state index is 12.0. The van der Waals surface area contributed by atoms with Crippen LogP contribution in [0, 0.1) is 5.41 Å². The smallest absolute Gasteiger partial charge is 0.324 e. The molecule has 0 saturated heterocycles. The van der Waals surface area contributed by atoms with Gasteiger partial charge in [-0.2, -0.15) is 0 Å². The normalized spacial score (nSPS) is 12.6. The summed E-state index contributed by atoms with van der Waals surface area (Å²) in [6, 6.07) is -0.641. The van der Waals surface area contributed by atoms with E-state index in [1.807, 2.05) is 13.8 Å². The van der Waals surface area contributed by atoms with Crippen LogP contribution in [0.4, 0.5) is 4.79 Å². The monoisotopic (exact) mass is 302 g/mol. The Morgan fingerprint density at radius 1 is 1.29 bits per heavy atom. The third kappa shape index (κ3) is 7.65. The molecule has 0 aromatic carbocycles. The molecule has 0 saturated carbocycles. The van der Waals surface area contributed by atoms with Crippen molar-refractivity contribution in [3.63, 3.8) is 0 Å². The van der Waals surface area contributed by atoms with Crippen molar-refractivity contribution >= 4 is 17.9 Å². The molecule has 2 N–H and O–H groups in total. The fraction of sp³-hybridized carbons (Fsp3) is 0.786. The number of nitrogens with one attached hydrogen (secondary N) is 1. The van der Waals surface area contributed by atoms with E-state index in [1.54, 1.807) is 21.0 Å². The zero-order valence-corrected chi connectivity index (χ0v) is 13.4. The number of carbonyl (C=O) groups excluding carboxylic acids is 2. The molecule has 1 unspecified atom stereocenters. The highest BCUT2D eigenvalue weighted by atomic mass is 16.5. The van der Waals surface area contributed by atoms with Gasteiger partial charge in [-0.05, 0) is 19.3 Å². The van der Waals surface area contributed by atoms with E-state index >= 15 is 0 Å². The molecule has 0 spiro atoms. The van der Waals surface area contributed by atoms with E-state index in [9.17, 15) is 14.4 Å². The average Bonchev–Trinajstić information content (AvgIpc) is 2.26. The average molecular weight is 302 g/mol. The van der Waals surface area contributed by atoms with Crippen LogP contribution < -0.4 is 5.32 Å². The van der Waals surface area contributed by atoms with Crippen LogP contribution in [0.3, 0.4) is 0 Å². The molecule has 21 heavy (non-hydrogen) atoms. The zero-order chi connectivity index (χ0) is 16.6. The van der Waals surface area contributed by atoms with Crippen molar-refractivity contribution in [1.29, 1.82) is 0 Å². The molecule has 0 aromatic heterocycles. The van der Waals surface area contributed by atoms with Crippen molar-refractivity contribution in [2.45, 2.75) is 46.6 Å². The van der Waals surface area contributed by atoms with Crippen molar-refractivity contribution in [3.05, 3.63) is 0 Å². The summed E-state index contributed by atoms with van der Waals surface area (Å²) in [6.45, 7) is 7.81. The number of amides is 3. The Labute approximate surface area is 125 Å². The number of likely N-dealkylation sites (N-methyl/N-ethyl adjacent to an activating group) is 1. The number of methoxy groups -OCH3 is 1. The first-order valence-electron chi connectivity index (χ1n) is 6.94. The molecular formula is C14H26N2O5. The van der Waals surface area contributed by atoms with Crippen LogP contribution in [0.5, 0.6) is 0 Å². The van der Waals surface area contributed by atoms with Crippen molar-refractivity contribution < 1.29 is 24.2 Å². The van der Waals surface area contributed by atoms with Crippen LogP contribution in [-0.4, -0.2) is 54.2 Å². The summed E-state index contributed by atoms with van der Waals surface area (Å²) in [5, 5.41) is 11.1. The van der Waals surface area contributed by atoms with Crippen molar-refractivity contribution in [3.8, 4) is 0 Å². The zero-order valence-electron chi connectivity index (χ0n) is 13.4. The molecule has 0 aliphatic heterocycles. The number of ether oxygens (including phenoxy) is 1. The third-order valence-electron chi connectivity index (χ3n) is 3.06. The summed E-state index contributed by atoms with van der Waals surface area (Å²) in [7, 11) is 1.54. The molecule has 0 rings (SSSR count). The van der Waals surface area contributed by atoms with Gasteiger partial charge in [0.25, 0.3) is 0 Å². The van der Waals surface area contributed by atoms with Crippen LogP contribution in [0.2, 0.25) is 0 Å². The van der Waals surface area contributed by atoms with Gasteiger partial charge in [0.05, 0.1) is 19.1 Å². The van der Waals surface area contributed by atoms with Crippen molar-refractivity contribution in [1.82, 2.24) is 10.2 Å². The Balaban J connectivity index is 4.55. The first kappa shape index (κ1) is 19.4. The lowest BCUT2D eigenvalue weighted by Gasteiger charge is -2.28. The quantitative estimate of drug-likeness (QED) is 0.708. The molecular weight excluding hydrogens is 276 g/mol. The fourth-order valence-electron chi connectivity index (χ4n) is 2.13. The van der Waals surface area contributed by atoms with E-state index < -0.39 is 23.3 Å². The molecule has 0 radical (unpaired) electrons. The predicted octanol–water partition coefficient (Wildman–Crippen LogP) is 1.47. The number of carbonyl (C=O) groups is 3. The predicted molar refractivity (Wildman–Crippen MR) is 77.9 cm³/mol. The Bertz CT molecular complexity index is 382. The van der Waals surface area contributed by atoms with Crippen molar-refractivity contribution in [2.75, 3.05) is 20.3 Å². The molecule has 1 atom stereocenters. The van der Waals surface area contributed by atoms with Gasteiger partial charge in [0.2, 0.25) is 5.91 Å². The second-order valence-electron chi connectivity index (χ2n) is 5.86. The Kier molecular flexibility index (Phi) is 7.94. The minimum absolute atomic E-state index is 0.0265. The maximum absolute atomic E-state index is 12.0. The van der Waals surface area contributed by atoms with Gasteiger partial charge in [0.1, 0.15) is 0 Å². The number of hydrogen-bond donors (Lipinski definition) is 2. The number of aliphatic carboxylic acids is 1. The summed E-state index contributed by atoms with van der Waals surface area (Å²) < 4.78 is 4.99. The molecule has 0 aliphatic carbocycles. The third-order valence-corrected chi connectivity index (χ3v) is 3.06. The Hall–Kier alpha value is -1.63. The molecule has 7 nitrogen and oxygen atoms in total. The highest BCUT2D eigenvalue weighted by Crippen LogP contribution is 2.24. The topological polar surface area (TPSA) is 95.9 Å². The van der Waals surface area contributed by atoms with Gasteiger partial charge in [0.15, 0.2) is 0 Å². The molecule has 0 fully saturated rings. The highest BCUT2D eigenvalue weighted by Gasteiger charge is 2.27. The Morgan fingerprint density at radius 3 is 2.29 bits per heavy atom. The van der Waals surface area contributed by atoms with E-state index in [-0.39, 0.29) is 18.9 Å².